The molecule has 3 heterocycles. The fourth-order valence-corrected chi connectivity index (χ4v) is 6.97. The highest BCUT2D eigenvalue weighted by Crippen LogP contribution is 2.59. The molecule has 4 bridgehead atoms. The molecule has 1 aromatic carbocycles. The third kappa shape index (κ3) is 2.36. The first kappa shape index (κ1) is 16.2. The number of carbonyl (C=O) groups is 1. The molecule has 0 spiro atoms. The van der Waals surface area contributed by atoms with Crippen molar-refractivity contribution in [1.82, 2.24) is 9.88 Å². The lowest BCUT2D eigenvalue weighted by Gasteiger charge is -2.42. The van der Waals surface area contributed by atoms with E-state index in [1.54, 1.807) is 0 Å². The average molecular weight is 363 g/mol. The zero-order valence-electron chi connectivity index (χ0n) is 16.5. The lowest BCUT2D eigenvalue weighted by atomic mass is 9.75. The van der Waals surface area contributed by atoms with Crippen LogP contribution < -0.4 is 0 Å². The summed E-state index contributed by atoms with van der Waals surface area (Å²) in [7, 11) is 0. The molecule has 1 aromatic heterocycles. The van der Waals surface area contributed by atoms with Crippen LogP contribution in [0.4, 0.5) is 0 Å². The summed E-state index contributed by atoms with van der Waals surface area (Å²) in [6.45, 7) is 4.69. The summed E-state index contributed by atoms with van der Waals surface area (Å²) in [5, 5.41) is 1.40. The Labute approximate surface area is 161 Å². The number of aromatic nitrogens is 1. The minimum atomic E-state index is 0.276. The van der Waals surface area contributed by atoms with E-state index < -0.39 is 0 Å². The van der Waals surface area contributed by atoms with E-state index in [2.05, 4.69) is 48.1 Å². The summed E-state index contributed by atoms with van der Waals surface area (Å²) in [6.07, 6.45) is 10.5. The van der Waals surface area contributed by atoms with E-state index >= 15 is 0 Å². The number of H-pyrrole nitrogens is 1. The van der Waals surface area contributed by atoms with Gasteiger partial charge in [0.1, 0.15) is 0 Å². The molecule has 2 aliphatic heterocycles. The van der Waals surface area contributed by atoms with Crippen molar-refractivity contribution in [1.29, 1.82) is 0 Å². The Hall–Kier alpha value is -1.77. The fourth-order valence-electron chi connectivity index (χ4n) is 6.97. The van der Waals surface area contributed by atoms with Gasteiger partial charge < -0.3 is 9.88 Å². The van der Waals surface area contributed by atoms with Gasteiger partial charge in [-0.2, -0.15) is 0 Å². The highest BCUT2D eigenvalue weighted by molar-refractivity contribution is 5.89. The number of benzene rings is 1. The number of hydrogen-bond donors (Lipinski definition) is 1. The maximum Gasteiger partial charge on any atom is 0.223 e. The van der Waals surface area contributed by atoms with Gasteiger partial charge in [0, 0.05) is 35.6 Å². The number of rotatable bonds is 4. The maximum atomic E-state index is 13.3. The Morgan fingerprint density at radius 3 is 2.93 bits per heavy atom. The molecular formula is C24H30N2O. The van der Waals surface area contributed by atoms with Gasteiger partial charge in [-0.15, -0.1) is 0 Å². The summed E-state index contributed by atoms with van der Waals surface area (Å²) < 4.78 is 0. The maximum absolute atomic E-state index is 13.3. The van der Waals surface area contributed by atoms with Gasteiger partial charge in [-0.05, 0) is 78.9 Å². The molecule has 5 aliphatic rings. The first-order valence-electron chi connectivity index (χ1n) is 10.9. The van der Waals surface area contributed by atoms with E-state index in [9.17, 15) is 4.79 Å². The fraction of sp³-hybridized carbons (Fsp3) is 0.625. The molecule has 3 aliphatic carbocycles. The first-order valence-corrected chi connectivity index (χ1v) is 10.9. The number of hydrogen-bond acceptors (Lipinski definition) is 1. The van der Waals surface area contributed by atoms with Crippen molar-refractivity contribution in [2.75, 3.05) is 0 Å². The van der Waals surface area contributed by atoms with Crippen molar-refractivity contribution in [3.8, 4) is 0 Å². The van der Waals surface area contributed by atoms with E-state index in [1.165, 1.54) is 60.6 Å². The molecule has 1 amide bonds. The molecule has 3 saturated carbocycles. The molecule has 3 nitrogen and oxygen atoms in total. The van der Waals surface area contributed by atoms with Gasteiger partial charge in [-0.25, -0.2) is 0 Å². The average Bonchev–Trinajstić information content (AvgIpc) is 3.26. The van der Waals surface area contributed by atoms with Crippen LogP contribution in [0.3, 0.4) is 0 Å². The Balaban J connectivity index is 1.26. The summed E-state index contributed by atoms with van der Waals surface area (Å²) in [5.74, 6) is 2.19. The summed E-state index contributed by atoms with van der Waals surface area (Å²) in [6, 6.07) is 7.71. The molecule has 5 atom stereocenters. The zero-order valence-corrected chi connectivity index (χ0v) is 16.5. The quantitative estimate of drug-likeness (QED) is 0.784. The van der Waals surface area contributed by atoms with Gasteiger partial charge in [0.25, 0.3) is 0 Å². The van der Waals surface area contributed by atoms with Crippen LogP contribution in [-0.4, -0.2) is 27.9 Å². The van der Waals surface area contributed by atoms with Gasteiger partial charge in [-0.1, -0.05) is 26.0 Å². The number of amides is 1. The summed E-state index contributed by atoms with van der Waals surface area (Å²) >= 11 is 0. The predicted molar refractivity (Wildman–Crippen MR) is 108 cm³/mol. The van der Waals surface area contributed by atoms with Gasteiger partial charge in [0.2, 0.25) is 5.91 Å². The zero-order chi connectivity index (χ0) is 18.3. The molecule has 1 N–H and O–H groups in total. The molecule has 2 saturated heterocycles. The highest BCUT2D eigenvalue weighted by Gasteiger charge is 2.58. The van der Waals surface area contributed by atoms with Crippen molar-refractivity contribution in [3.63, 3.8) is 0 Å². The first-order chi connectivity index (χ1) is 13.0. The largest absolute Gasteiger partial charge is 0.361 e. The Morgan fingerprint density at radius 1 is 1.30 bits per heavy atom. The van der Waals surface area contributed by atoms with E-state index in [-0.39, 0.29) is 5.92 Å². The number of carbonyl (C=O) groups excluding carboxylic acids is 1. The SMILES string of the molecule is CC(CC(=O)N1C2CC3CC(C)(C2)CC31)c1c[nH]c2cccc(C3CC3)c12. The standard InChI is InChI=1S/C24H30N2O/c1-14(19-13-25-20-5-3-4-18(23(19)20)15-6-7-15)8-22(27)26-17-9-16-10-24(2,11-17)12-21(16)26/h3-5,13-17,21,25H,6-12H2,1-2H3. The summed E-state index contributed by atoms with van der Waals surface area (Å²) in [5.41, 5.74) is 4.60. The second kappa shape index (κ2) is 5.40. The normalized spacial score (nSPS) is 35.3. The van der Waals surface area contributed by atoms with Crippen LogP contribution in [-0.2, 0) is 4.79 Å². The number of nitrogens with one attached hydrogen (secondary N) is 1. The Kier molecular flexibility index (Phi) is 3.24. The van der Waals surface area contributed by atoms with Crippen molar-refractivity contribution in [3.05, 3.63) is 35.5 Å². The van der Waals surface area contributed by atoms with Gasteiger partial charge in [0.05, 0.1) is 0 Å². The van der Waals surface area contributed by atoms with Crippen LogP contribution in [0.5, 0.6) is 0 Å². The van der Waals surface area contributed by atoms with Crippen molar-refractivity contribution in [2.24, 2.45) is 11.3 Å². The molecule has 7 rings (SSSR count). The molecule has 2 aromatic rings. The lowest BCUT2D eigenvalue weighted by Crippen LogP contribution is -2.47. The van der Waals surface area contributed by atoms with E-state index in [1.807, 2.05) is 0 Å². The minimum Gasteiger partial charge on any atom is -0.361 e. The van der Waals surface area contributed by atoms with Crippen LogP contribution >= 0.6 is 0 Å². The van der Waals surface area contributed by atoms with Crippen LogP contribution in [0.2, 0.25) is 0 Å². The molecule has 3 heteroatoms. The van der Waals surface area contributed by atoms with Crippen LogP contribution in [0.1, 0.15) is 81.8 Å². The predicted octanol–water partition coefficient (Wildman–Crippen LogP) is 5.33. The lowest BCUT2D eigenvalue weighted by molar-refractivity contribution is -0.137. The monoisotopic (exact) mass is 362 g/mol. The van der Waals surface area contributed by atoms with Crippen molar-refractivity contribution in [2.45, 2.75) is 82.7 Å². The van der Waals surface area contributed by atoms with Gasteiger partial charge >= 0.3 is 0 Å². The van der Waals surface area contributed by atoms with Crippen LogP contribution in [0.25, 0.3) is 10.9 Å². The summed E-state index contributed by atoms with van der Waals surface area (Å²) in [4.78, 5) is 19.1. The number of fused-ring (bicyclic) bond motifs is 1. The van der Waals surface area contributed by atoms with Crippen LogP contribution in [0.15, 0.2) is 24.4 Å². The molecule has 5 unspecified atom stereocenters. The van der Waals surface area contributed by atoms with E-state index in [0.717, 1.165) is 11.8 Å². The van der Waals surface area contributed by atoms with Gasteiger partial charge in [-0.3, -0.25) is 4.79 Å². The topological polar surface area (TPSA) is 36.1 Å². The second-order valence-electron chi connectivity index (χ2n) is 10.3. The number of piperidine rings is 1. The molecule has 142 valence electrons. The number of aromatic amines is 1. The third-order valence-corrected chi connectivity index (χ3v) is 8.14. The van der Waals surface area contributed by atoms with E-state index in [0.29, 0.717) is 29.8 Å². The van der Waals surface area contributed by atoms with Gasteiger partial charge in [0.15, 0.2) is 0 Å². The van der Waals surface area contributed by atoms with Crippen molar-refractivity contribution < 1.29 is 4.79 Å². The number of nitrogens with zero attached hydrogens (tertiary/aromatic N) is 1. The molecule has 0 radical (unpaired) electrons. The highest BCUT2D eigenvalue weighted by atomic mass is 16.2. The molecular weight excluding hydrogens is 332 g/mol. The third-order valence-electron chi connectivity index (χ3n) is 8.14. The molecule has 5 fully saturated rings. The second-order valence-corrected chi connectivity index (χ2v) is 10.3. The minimum absolute atomic E-state index is 0.276. The van der Waals surface area contributed by atoms with Crippen LogP contribution in [0, 0.1) is 11.3 Å². The molecule has 27 heavy (non-hydrogen) atoms. The van der Waals surface area contributed by atoms with Crippen molar-refractivity contribution >= 4 is 16.8 Å². The smallest absolute Gasteiger partial charge is 0.223 e. The Bertz CT molecular complexity index is 922. The van der Waals surface area contributed by atoms with E-state index in [4.69, 9.17) is 0 Å². The Morgan fingerprint density at radius 2 is 2.15 bits per heavy atom.